The maximum absolute atomic E-state index is 12.7. The van der Waals surface area contributed by atoms with Crippen LogP contribution in [-0.2, 0) is 6.54 Å². The maximum atomic E-state index is 12.7. The lowest BCUT2D eigenvalue weighted by Gasteiger charge is -2.22. The van der Waals surface area contributed by atoms with E-state index in [1.54, 1.807) is 25.4 Å². The molecule has 0 fully saturated rings. The number of benzene rings is 1. The summed E-state index contributed by atoms with van der Waals surface area (Å²) in [5.41, 5.74) is 1.65. The minimum Gasteiger partial charge on any atom is -0.497 e. The Morgan fingerprint density at radius 3 is 2.48 bits per heavy atom. The first kappa shape index (κ1) is 16.8. The smallest absolute Gasteiger partial charge is 0.254 e. The first-order chi connectivity index (χ1) is 11.2. The summed E-state index contributed by atoms with van der Waals surface area (Å²) in [7, 11) is 3.18. The zero-order valence-corrected chi connectivity index (χ0v) is 13.8. The molecule has 2 rings (SSSR count). The Labute approximate surface area is 136 Å². The Kier molecular flexibility index (Phi) is 5.97. The molecule has 0 radical (unpaired) electrons. The van der Waals surface area contributed by atoms with Crippen LogP contribution < -0.4 is 9.47 Å². The number of pyridine rings is 1. The minimum atomic E-state index is -0.0247. The Hall–Kier alpha value is -2.56. The summed E-state index contributed by atoms with van der Waals surface area (Å²) in [5.74, 6) is 1.22. The number of amides is 1. The van der Waals surface area contributed by atoms with Gasteiger partial charge in [-0.05, 0) is 30.2 Å². The van der Waals surface area contributed by atoms with E-state index in [0.29, 0.717) is 24.5 Å². The molecule has 122 valence electrons. The molecular weight excluding hydrogens is 292 g/mol. The molecule has 0 aliphatic heterocycles. The highest BCUT2D eigenvalue weighted by Crippen LogP contribution is 2.16. The predicted molar refractivity (Wildman–Crippen MR) is 88.8 cm³/mol. The zero-order valence-electron chi connectivity index (χ0n) is 13.8. The number of ether oxygens (including phenoxy) is 2. The Morgan fingerprint density at radius 1 is 1.13 bits per heavy atom. The van der Waals surface area contributed by atoms with E-state index in [-0.39, 0.29) is 5.91 Å². The van der Waals surface area contributed by atoms with Crippen molar-refractivity contribution in [2.24, 2.45) is 0 Å². The van der Waals surface area contributed by atoms with Crippen molar-refractivity contribution in [2.75, 3.05) is 20.8 Å². The normalized spacial score (nSPS) is 10.2. The molecule has 0 unspecified atom stereocenters. The third kappa shape index (κ3) is 4.45. The summed E-state index contributed by atoms with van der Waals surface area (Å²) in [4.78, 5) is 18.6. The lowest BCUT2D eigenvalue weighted by atomic mass is 10.1. The molecule has 0 aliphatic carbocycles. The quantitative estimate of drug-likeness (QED) is 0.788. The molecule has 0 aliphatic rings. The molecule has 0 saturated heterocycles. The molecule has 0 spiro atoms. The summed E-state index contributed by atoms with van der Waals surface area (Å²) in [6, 6.07) is 11.1. The summed E-state index contributed by atoms with van der Waals surface area (Å²) in [6.07, 6.45) is 2.48. The van der Waals surface area contributed by atoms with Crippen LogP contribution >= 0.6 is 0 Å². The predicted octanol–water partition coefficient (Wildman–Crippen LogP) is 3.15. The topological polar surface area (TPSA) is 51.7 Å². The average Bonchev–Trinajstić information content (AvgIpc) is 2.61. The van der Waals surface area contributed by atoms with Crippen LogP contribution in [0.1, 0.15) is 29.3 Å². The number of aromatic nitrogens is 1. The fourth-order valence-corrected chi connectivity index (χ4v) is 2.31. The van der Waals surface area contributed by atoms with E-state index < -0.39 is 0 Å². The molecule has 2 aromatic rings. The van der Waals surface area contributed by atoms with Gasteiger partial charge in [-0.15, -0.1) is 0 Å². The molecule has 1 heterocycles. The van der Waals surface area contributed by atoms with Crippen LogP contribution in [0.25, 0.3) is 0 Å². The van der Waals surface area contributed by atoms with Gasteiger partial charge in [-0.3, -0.25) is 4.79 Å². The largest absolute Gasteiger partial charge is 0.497 e. The van der Waals surface area contributed by atoms with Crippen LogP contribution in [0.5, 0.6) is 11.6 Å². The minimum absolute atomic E-state index is 0.0247. The number of carbonyl (C=O) groups excluding carboxylic acids is 1. The number of nitrogens with zero attached hydrogens (tertiary/aromatic N) is 2. The van der Waals surface area contributed by atoms with E-state index in [2.05, 4.69) is 11.9 Å². The summed E-state index contributed by atoms with van der Waals surface area (Å²) in [6.45, 7) is 3.30. The van der Waals surface area contributed by atoms with Gasteiger partial charge >= 0.3 is 0 Å². The Morgan fingerprint density at radius 2 is 1.87 bits per heavy atom. The highest BCUT2D eigenvalue weighted by molar-refractivity contribution is 5.94. The molecule has 5 nitrogen and oxygen atoms in total. The van der Waals surface area contributed by atoms with Crippen LogP contribution in [0.15, 0.2) is 42.6 Å². The van der Waals surface area contributed by atoms with Crippen molar-refractivity contribution in [2.45, 2.75) is 19.9 Å². The van der Waals surface area contributed by atoms with Crippen LogP contribution in [0.3, 0.4) is 0 Å². The maximum Gasteiger partial charge on any atom is 0.254 e. The van der Waals surface area contributed by atoms with Gasteiger partial charge in [0.2, 0.25) is 5.88 Å². The van der Waals surface area contributed by atoms with Gasteiger partial charge in [0.25, 0.3) is 5.91 Å². The Bertz CT molecular complexity index is 641. The van der Waals surface area contributed by atoms with Crippen LogP contribution in [0.2, 0.25) is 0 Å². The zero-order chi connectivity index (χ0) is 16.7. The molecule has 0 bridgehead atoms. The van der Waals surface area contributed by atoms with Gasteiger partial charge in [-0.1, -0.05) is 19.1 Å². The molecular formula is C18H22N2O3. The van der Waals surface area contributed by atoms with Crippen molar-refractivity contribution in [3.63, 3.8) is 0 Å². The van der Waals surface area contributed by atoms with Gasteiger partial charge in [0.15, 0.2) is 0 Å². The first-order valence-electron chi connectivity index (χ1n) is 7.60. The van der Waals surface area contributed by atoms with Gasteiger partial charge in [0, 0.05) is 30.9 Å². The van der Waals surface area contributed by atoms with Gasteiger partial charge in [0.1, 0.15) is 5.75 Å². The van der Waals surface area contributed by atoms with Crippen molar-refractivity contribution >= 4 is 5.91 Å². The molecule has 0 N–H and O–H groups in total. The van der Waals surface area contributed by atoms with Crippen molar-refractivity contribution in [3.8, 4) is 11.6 Å². The van der Waals surface area contributed by atoms with Gasteiger partial charge < -0.3 is 14.4 Å². The molecule has 23 heavy (non-hydrogen) atoms. The van der Waals surface area contributed by atoms with E-state index in [4.69, 9.17) is 9.47 Å². The van der Waals surface area contributed by atoms with E-state index in [9.17, 15) is 4.79 Å². The lowest BCUT2D eigenvalue weighted by Crippen LogP contribution is -2.31. The number of hydrogen-bond donors (Lipinski definition) is 0. The first-order valence-corrected chi connectivity index (χ1v) is 7.60. The number of methoxy groups -OCH3 is 2. The molecule has 1 aromatic carbocycles. The van der Waals surface area contributed by atoms with Crippen molar-refractivity contribution in [1.29, 1.82) is 0 Å². The van der Waals surface area contributed by atoms with E-state index in [0.717, 1.165) is 17.7 Å². The summed E-state index contributed by atoms with van der Waals surface area (Å²) >= 11 is 0. The van der Waals surface area contributed by atoms with E-state index >= 15 is 0 Å². The molecule has 0 atom stereocenters. The summed E-state index contributed by atoms with van der Waals surface area (Å²) < 4.78 is 10.3. The van der Waals surface area contributed by atoms with E-state index in [1.807, 2.05) is 29.2 Å². The highest BCUT2D eigenvalue weighted by atomic mass is 16.5. The highest BCUT2D eigenvalue weighted by Gasteiger charge is 2.16. The van der Waals surface area contributed by atoms with Crippen LogP contribution in [0.4, 0.5) is 0 Å². The number of hydrogen-bond acceptors (Lipinski definition) is 4. The lowest BCUT2D eigenvalue weighted by molar-refractivity contribution is 0.0742. The third-order valence-electron chi connectivity index (χ3n) is 3.50. The van der Waals surface area contributed by atoms with Crippen molar-refractivity contribution in [3.05, 3.63) is 53.7 Å². The summed E-state index contributed by atoms with van der Waals surface area (Å²) in [5, 5.41) is 0. The van der Waals surface area contributed by atoms with Gasteiger partial charge in [-0.2, -0.15) is 0 Å². The van der Waals surface area contributed by atoms with Gasteiger partial charge in [0.05, 0.1) is 14.2 Å². The SMILES string of the molecule is CCCN(Cc1ccc(OC)cc1)C(=O)c1ccnc(OC)c1. The number of rotatable bonds is 7. The Balaban J connectivity index is 2.17. The second kappa shape index (κ2) is 8.17. The average molecular weight is 314 g/mol. The van der Waals surface area contributed by atoms with Crippen LogP contribution in [-0.4, -0.2) is 36.6 Å². The van der Waals surface area contributed by atoms with Crippen molar-refractivity contribution in [1.82, 2.24) is 9.88 Å². The fraction of sp³-hybridized carbons (Fsp3) is 0.333. The monoisotopic (exact) mass is 314 g/mol. The second-order valence-corrected chi connectivity index (χ2v) is 5.16. The van der Waals surface area contributed by atoms with E-state index in [1.165, 1.54) is 7.11 Å². The molecule has 1 aromatic heterocycles. The fourth-order valence-electron chi connectivity index (χ4n) is 2.31. The standard InChI is InChI=1S/C18H22N2O3/c1-4-11-20(13-14-5-7-16(22-2)8-6-14)18(21)15-9-10-19-17(12-15)23-3/h5-10,12H,4,11,13H2,1-3H3. The second-order valence-electron chi connectivity index (χ2n) is 5.16. The van der Waals surface area contributed by atoms with Crippen LogP contribution in [0, 0.1) is 0 Å². The molecule has 5 heteroatoms. The third-order valence-corrected chi connectivity index (χ3v) is 3.50. The van der Waals surface area contributed by atoms with Gasteiger partial charge in [-0.25, -0.2) is 4.98 Å². The van der Waals surface area contributed by atoms with Crippen molar-refractivity contribution < 1.29 is 14.3 Å². The molecule has 1 amide bonds. The molecule has 0 saturated carbocycles. The number of carbonyl (C=O) groups is 1.